The standard InChI is InChI=1S/C56H35N5/c1-2-17-37(18-3-1)46-34-47(39-31-30-36-16-4-5-19-38(36)32-39)58-56(57-46)61-52-29-15-10-24-44(52)45-33-54(59-48-25-11-6-20-40(48)41-21-7-12-26-49(41)59)55(35-53(45)61)60-50-27-13-8-22-42(50)43-23-9-14-28-51(43)60/h1-35H. The van der Waals surface area contributed by atoms with Crippen molar-refractivity contribution in [2.45, 2.75) is 0 Å². The monoisotopic (exact) mass is 777 g/mol. The van der Waals surface area contributed by atoms with Crippen LogP contribution in [0.4, 0.5) is 0 Å². The van der Waals surface area contributed by atoms with Gasteiger partial charge in [0.1, 0.15) is 0 Å². The maximum absolute atomic E-state index is 5.46. The van der Waals surface area contributed by atoms with E-state index in [-0.39, 0.29) is 0 Å². The smallest absolute Gasteiger partial charge is 0.235 e. The van der Waals surface area contributed by atoms with E-state index in [1.165, 1.54) is 32.3 Å². The molecule has 0 atom stereocenters. The second-order valence-electron chi connectivity index (χ2n) is 15.8. The Kier molecular flexibility index (Phi) is 7.24. The van der Waals surface area contributed by atoms with E-state index in [0.717, 1.165) is 77.8 Å². The zero-order chi connectivity index (χ0) is 40.0. The lowest BCUT2D eigenvalue weighted by atomic mass is 10.0. The van der Waals surface area contributed by atoms with Crippen LogP contribution in [0.15, 0.2) is 212 Å². The second-order valence-corrected chi connectivity index (χ2v) is 15.8. The van der Waals surface area contributed by atoms with Gasteiger partial charge in [-0.1, -0.05) is 158 Å². The Bertz CT molecular complexity index is 3780. The first-order chi connectivity index (χ1) is 30.3. The minimum Gasteiger partial charge on any atom is -0.307 e. The van der Waals surface area contributed by atoms with Crippen LogP contribution in [-0.2, 0) is 0 Å². The topological polar surface area (TPSA) is 40.6 Å². The average Bonchev–Trinajstić information content (AvgIpc) is 3.96. The molecule has 0 fully saturated rings. The minimum atomic E-state index is 0.619. The third kappa shape index (κ3) is 5.08. The van der Waals surface area contributed by atoms with E-state index in [9.17, 15) is 0 Å². The fourth-order valence-electron chi connectivity index (χ4n) is 9.72. The number of hydrogen-bond acceptors (Lipinski definition) is 2. The van der Waals surface area contributed by atoms with E-state index in [1.54, 1.807) is 0 Å². The molecule has 0 saturated carbocycles. The number of rotatable bonds is 5. The molecule has 0 amide bonds. The third-order valence-corrected chi connectivity index (χ3v) is 12.4. The molecule has 4 heterocycles. The van der Waals surface area contributed by atoms with Crippen LogP contribution in [0.5, 0.6) is 0 Å². The molecule has 284 valence electrons. The molecule has 0 aliphatic carbocycles. The zero-order valence-electron chi connectivity index (χ0n) is 32.9. The normalized spacial score (nSPS) is 11.9. The fraction of sp³-hybridized carbons (Fsp3) is 0. The molecule has 0 N–H and O–H groups in total. The summed E-state index contributed by atoms with van der Waals surface area (Å²) in [6.07, 6.45) is 0. The molecule has 4 aromatic heterocycles. The van der Waals surface area contributed by atoms with Crippen LogP contribution in [0.1, 0.15) is 0 Å². The summed E-state index contributed by atoms with van der Waals surface area (Å²) in [6, 6.07) is 76.2. The third-order valence-electron chi connectivity index (χ3n) is 12.4. The lowest BCUT2D eigenvalue weighted by molar-refractivity contribution is 0.993. The molecular formula is C56H35N5. The maximum Gasteiger partial charge on any atom is 0.235 e. The van der Waals surface area contributed by atoms with E-state index in [2.05, 4.69) is 220 Å². The molecule has 0 aliphatic rings. The molecule has 13 rings (SSSR count). The predicted molar refractivity (Wildman–Crippen MR) is 253 cm³/mol. The van der Waals surface area contributed by atoms with Gasteiger partial charge in [0.15, 0.2) is 0 Å². The summed E-state index contributed by atoms with van der Waals surface area (Å²) in [5, 5.41) is 9.50. The predicted octanol–water partition coefficient (Wildman–Crippen LogP) is 14.3. The highest BCUT2D eigenvalue weighted by Gasteiger charge is 2.24. The van der Waals surface area contributed by atoms with Gasteiger partial charge in [-0.2, -0.15) is 0 Å². The minimum absolute atomic E-state index is 0.619. The van der Waals surface area contributed by atoms with Gasteiger partial charge >= 0.3 is 0 Å². The Balaban J connectivity index is 1.18. The average molecular weight is 778 g/mol. The van der Waals surface area contributed by atoms with Gasteiger partial charge in [0.2, 0.25) is 5.95 Å². The van der Waals surface area contributed by atoms with Gasteiger partial charge in [0.05, 0.1) is 55.9 Å². The maximum atomic E-state index is 5.46. The van der Waals surface area contributed by atoms with Gasteiger partial charge < -0.3 is 9.13 Å². The van der Waals surface area contributed by atoms with Crippen LogP contribution < -0.4 is 0 Å². The molecule has 0 spiro atoms. The van der Waals surface area contributed by atoms with Crippen molar-refractivity contribution in [3.05, 3.63) is 212 Å². The Morgan fingerprint density at radius 2 is 0.689 bits per heavy atom. The van der Waals surface area contributed by atoms with Crippen LogP contribution in [0, 0.1) is 0 Å². The molecule has 0 aliphatic heterocycles. The quantitative estimate of drug-likeness (QED) is 0.175. The highest BCUT2D eigenvalue weighted by molar-refractivity contribution is 6.15. The highest BCUT2D eigenvalue weighted by Crippen LogP contribution is 2.42. The molecule has 0 saturated heterocycles. The first-order valence-electron chi connectivity index (χ1n) is 20.8. The van der Waals surface area contributed by atoms with E-state index in [0.29, 0.717) is 5.95 Å². The van der Waals surface area contributed by atoms with Crippen LogP contribution in [-0.4, -0.2) is 23.7 Å². The number of nitrogens with zero attached hydrogens (tertiary/aromatic N) is 5. The highest BCUT2D eigenvalue weighted by atomic mass is 15.2. The van der Waals surface area contributed by atoms with Gasteiger partial charge in [0.25, 0.3) is 0 Å². The Morgan fingerprint density at radius 3 is 1.25 bits per heavy atom. The van der Waals surface area contributed by atoms with Crippen LogP contribution in [0.2, 0.25) is 0 Å². The molecule has 5 nitrogen and oxygen atoms in total. The van der Waals surface area contributed by atoms with Crippen molar-refractivity contribution < 1.29 is 0 Å². The van der Waals surface area contributed by atoms with Gasteiger partial charge in [-0.05, 0) is 65.4 Å². The van der Waals surface area contributed by atoms with Crippen molar-refractivity contribution in [1.82, 2.24) is 23.7 Å². The van der Waals surface area contributed by atoms with E-state index in [4.69, 9.17) is 9.97 Å². The Morgan fingerprint density at radius 1 is 0.262 bits per heavy atom. The van der Waals surface area contributed by atoms with Gasteiger partial charge in [-0.25, -0.2) is 9.97 Å². The van der Waals surface area contributed by atoms with E-state index >= 15 is 0 Å². The molecular weight excluding hydrogens is 743 g/mol. The Hall–Kier alpha value is -8.28. The Labute approximate surface area is 350 Å². The van der Waals surface area contributed by atoms with Crippen molar-refractivity contribution in [3.63, 3.8) is 0 Å². The summed E-state index contributed by atoms with van der Waals surface area (Å²) in [4.78, 5) is 10.9. The first-order valence-corrected chi connectivity index (χ1v) is 20.8. The first kappa shape index (κ1) is 33.7. The van der Waals surface area contributed by atoms with Crippen LogP contribution in [0.25, 0.3) is 116 Å². The van der Waals surface area contributed by atoms with Crippen molar-refractivity contribution in [3.8, 4) is 39.8 Å². The SMILES string of the molecule is c1ccc(-c2cc(-c3ccc4ccccc4c3)nc(-n3c4ccccc4c4cc(-n5c6ccccc6c6ccccc65)c(-n5c6ccccc6c6ccccc65)cc43)n2)cc1. The van der Waals surface area contributed by atoms with E-state index in [1.807, 2.05) is 6.07 Å². The van der Waals surface area contributed by atoms with Crippen LogP contribution >= 0.6 is 0 Å². The van der Waals surface area contributed by atoms with Crippen LogP contribution in [0.3, 0.4) is 0 Å². The van der Waals surface area contributed by atoms with Crippen molar-refractivity contribution in [2.75, 3.05) is 0 Å². The summed E-state index contributed by atoms with van der Waals surface area (Å²) < 4.78 is 7.18. The molecule has 0 bridgehead atoms. The van der Waals surface area contributed by atoms with Gasteiger partial charge in [-0.3, -0.25) is 4.57 Å². The summed E-state index contributed by atoms with van der Waals surface area (Å²) in [5.41, 5.74) is 12.6. The number of benzene rings is 9. The molecule has 5 heteroatoms. The van der Waals surface area contributed by atoms with Crippen molar-refractivity contribution >= 4 is 76.2 Å². The van der Waals surface area contributed by atoms with Crippen molar-refractivity contribution in [2.24, 2.45) is 0 Å². The van der Waals surface area contributed by atoms with Crippen molar-refractivity contribution in [1.29, 1.82) is 0 Å². The summed E-state index contributed by atoms with van der Waals surface area (Å²) >= 11 is 0. The summed E-state index contributed by atoms with van der Waals surface area (Å²) in [7, 11) is 0. The number of fused-ring (bicyclic) bond motifs is 10. The van der Waals surface area contributed by atoms with Gasteiger partial charge in [0, 0.05) is 43.4 Å². The molecule has 0 unspecified atom stereocenters. The number of para-hydroxylation sites is 5. The lowest BCUT2D eigenvalue weighted by Crippen LogP contribution is -2.06. The second kappa shape index (κ2) is 13.1. The van der Waals surface area contributed by atoms with Gasteiger partial charge in [-0.15, -0.1) is 0 Å². The molecule has 0 radical (unpaired) electrons. The largest absolute Gasteiger partial charge is 0.307 e. The summed E-state index contributed by atoms with van der Waals surface area (Å²) in [5.74, 6) is 0.619. The zero-order valence-corrected chi connectivity index (χ0v) is 32.9. The summed E-state index contributed by atoms with van der Waals surface area (Å²) in [6.45, 7) is 0. The molecule has 13 aromatic rings. The molecule has 9 aromatic carbocycles. The fourth-order valence-corrected chi connectivity index (χ4v) is 9.72. The number of hydrogen-bond donors (Lipinski definition) is 0. The lowest BCUT2D eigenvalue weighted by Gasteiger charge is -2.18. The van der Waals surface area contributed by atoms with E-state index < -0.39 is 0 Å². The molecule has 61 heavy (non-hydrogen) atoms. The number of aromatic nitrogens is 5.